The summed E-state index contributed by atoms with van der Waals surface area (Å²) in [6.07, 6.45) is 13.8. The number of hydrogen-bond donors (Lipinski definition) is 0. The molecule has 0 aromatic rings. The van der Waals surface area contributed by atoms with Crippen LogP contribution in [0.25, 0.3) is 0 Å². The molecule has 0 aliphatic heterocycles. The van der Waals surface area contributed by atoms with Gasteiger partial charge in [-0.2, -0.15) is 13.1 Å². The third kappa shape index (κ3) is 17.0. The first-order valence-corrected chi connectivity index (χ1v) is 11.8. The fourth-order valence-corrected chi connectivity index (χ4v) is 3.78. The van der Waals surface area contributed by atoms with E-state index in [-0.39, 0.29) is 12.4 Å². The summed E-state index contributed by atoms with van der Waals surface area (Å²) in [7, 11) is 0.691. The van der Waals surface area contributed by atoms with E-state index in [4.69, 9.17) is 9.02 Å². The number of hydrogen-bond acceptors (Lipinski definition) is 4. The van der Waals surface area contributed by atoms with Gasteiger partial charge in [0.25, 0.3) is 10.1 Å². The Bertz CT molecular complexity index is 396. The molecule has 6 heteroatoms. The highest BCUT2D eigenvalue weighted by atomic mass is 32.2. The highest BCUT2D eigenvalue weighted by Crippen LogP contribution is 2.12. The molecule has 0 aromatic carbocycles. The lowest BCUT2D eigenvalue weighted by atomic mass is 10.1. The van der Waals surface area contributed by atoms with Crippen molar-refractivity contribution >= 4 is 10.1 Å². The quantitative estimate of drug-likeness (QED) is 0.150. The molecule has 0 atom stereocenters. The van der Waals surface area contributed by atoms with Crippen LogP contribution >= 0.6 is 0 Å². The van der Waals surface area contributed by atoms with Crippen LogP contribution in [0.1, 0.15) is 84.5 Å². The number of hydroxylamine groups is 3. The van der Waals surface area contributed by atoms with E-state index in [9.17, 15) is 8.42 Å². The molecule has 0 fully saturated rings. The molecular formula is C19H42NO4S+. The summed E-state index contributed by atoms with van der Waals surface area (Å²) in [6, 6.07) is 0. The summed E-state index contributed by atoms with van der Waals surface area (Å²) < 4.78 is 28.1. The molecule has 0 rings (SSSR count). The predicted octanol–water partition coefficient (Wildman–Crippen LogP) is 4.67. The number of quaternary nitrogens is 1. The van der Waals surface area contributed by atoms with E-state index in [1.54, 1.807) is 6.92 Å². The van der Waals surface area contributed by atoms with Crippen molar-refractivity contribution in [3.05, 3.63) is 0 Å². The van der Waals surface area contributed by atoms with Gasteiger partial charge >= 0.3 is 0 Å². The van der Waals surface area contributed by atoms with Gasteiger partial charge in [0, 0.05) is 0 Å². The molecule has 25 heavy (non-hydrogen) atoms. The lowest BCUT2D eigenvalue weighted by molar-refractivity contribution is -1.08. The maximum Gasteiger partial charge on any atom is 0.267 e. The highest BCUT2D eigenvalue weighted by Gasteiger charge is 2.17. The third-order valence-electron chi connectivity index (χ3n) is 4.33. The minimum absolute atomic E-state index is 0.0269. The number of rotatable bonds is 18. The fraction of sp³-hybridized carbons (Fsp3) is 1.00. The van der Waals surface area contributed by atoms with Gasteiger partial charge in [0.1, 0.15) is 13.2 Å². The Balaban J connectivity index is 3.55. The largest absolute Gasteiger partial charge is 0.270 e. The average Bonchev–Trinajstić information content (AvgIpc) is 2.53. The van der Waals surface area contributed by atoms with E-state index in [0.29, 0.717) is 17.7 Å². The van der Waals surface area contributed by atoms with Crippen molar-refractivity contribution < 1.29 is 22.1 Å². The molecule has 0 saturated carbocycles. The van der Waals surface area contributed by atoms with Gasteiger partial charge in [-0.25, -0.2) is 4.84 Å². The Morgan fingerprint density at radius 3 is 1.80 bits per heavy atom. The third-order valence-corrected chi connectivity index (χ3v) is 5.71. The highest BCUT2D eigenvalue weighted by molar-refractivity contribution is 7.86. The van der Waals surface area contributed by atoms with Crippen LogP contribution in [0.4, 0.5) is 0 Å². The van der Waals surface area contributed by atoms with Crippen LogP contribution in [-0.2, 0) is 19.1 Å². The van der Waals surface area contributed by atoms with E-state index in [1.807, 2.05) is 14.1 Å². The van der Waals surface area contributed by atoms with Crippen molar-refractivity contribution in [2.45, 2.75) is 84.5 Å². The van der Waals surface area contributed by atoms with Gasteiger partial charge in [0.15, 0.2) is 0 Å². The van der Waals surface area contributed by atoms with Gasteiger partial charge < -0.3 is 0 Å². The van der Waals surface area contributed by atoms with Crippen LogP contribution in [0.2, 0.25) is 0 Å². The molecule has 0 bridgehead atoms. The van der Waals surface area contributed by atoms with Gasteiger partial charge in [0.2, 0.25) is 0 Å². The molecule has 152 valence electrons. The predicted molar refractivity (Wildman–Crippen MR) is 105 cm³/mol. The van der Waals surface area contributed by atoms with Crippen LogP contribution in [0, 0.1) is 0 Å². The molecule has 0 heterocycles. The molecule has 0 radical (unpaired) electrons. The van der Waals surface area contributed by atoms with E-state index in [1.165, 1.54) is 57.8 Å². The van der Waals surface area contributed by atoms with Gasteiger partial charge in [-0.1, -0.05) is 58.3 Å². The van der Waals surface area contributed by atoms with Gasteiger partial charge in [-0.15, -0.1) is 0 Å². The molecule has 0 aliphatic rings. The molecule has 0 saturated heterocycles. The second-order valence-corrected chi connectivity index (χ2v) is 9.09. The summed E-state index contributed by atoms with van der Waals surface area (Å²) in [5.74, 6) is 0.0269. The van der Waals surface area contributed by atoms with Gasteiger partial charge in [-0.05, 0) is 26.2 Å². The monoisotopic (exact) mass is 380 g/mol. The minimum Gasteiger partial charge on any atom is -0.270 e. The molecule has 0 spiro atoms. The van der Waals surface area contributed by atoms with Crippen LogP contribution in [-0.4, -0.2) is 52.7 Å². The number of unbranched alkanes of at least 4 members (excludes halogenated alkanes) is 9. The minimum atomic E-state index is -3.37. The first-order chi connectivity index (χ1) is 11.8. The fourth-order valence-electron chi connectivity index (χ4n) is 2.83. The summed E-state index contributed by atoms with van der Waals surface area (Å²) in [5.41, 5.74) is 0. The van der Waals surface area contributed by atoms with Gasteiger partial charge in [-0.3, -0.25) is 4.18 Å². The summed E-state index contributed by atoms with van der Waals surface area (Å²) in [5, 5.41) is 0. The first-order valence-electron chi connectivity index (χ1n) is 10.2. The van der Waals surface area contributed by atoms with Gasteiger partial charge in [0.05, 0.1) is 26.5 Å². The van der Waals surface area contributed by atoms with E-state index < -0.39 is 10.1 Å². The standard InChI is InChI=1S/C19H42NO4S/c1-5-7-8-9-10-11-12-13-14-15-17-20(3,4)23-18-16-19-25(21,22)24-6-2/h5-19H2,1-4H3/q+1. The van der Waals surface area contributed by atoms with E-state index in [0.717, 1.165) is 13.0 Å². The molecule has 0 amide bonds. The first kappa shape index (κ1) is 24.8. The molecule has 0 aliphatic carbocycles. The van der Waals surface area contributed by atoms with E-state index in [2.05, 4.69) is 6.92 Å². The topological polar surface area (TPSA) is 52.6 Å². The Morgan fingerprint density at radius 2 is 1.28 bits per heavy atom. The van der Waals surface area contributed by atoms with Crippen molar-refractivity contribution in [3.8, 4) is 0 Å². The van der Waals surface area contributed by atoms with Crippen molar-refractivity contribution in [2.75, 3.05) is 39.6 Å². The van der Waals surface area contributed by atoms with Crippen LogP contribution in [0.15, 0.2) is 0 Å². The maximum atomic E-state index is 11.4. The molecule has 0 N–H and O–H groups in total. The SMILES string of the molecule is CCCCCCCCCCCC[N+](C)(C)OCCCS(=O)(=O)OCC. The molecule has 5 nitrogen and oxygen atoms in total. The van der Waals surface area contributed by atoms with Crippen LogP contribution in [0.3, 0.4) is 0 Å². The molecule has 0 unspecified atom stereocenters. The number of nitrogens with zero attached hydrogens (tertiary/aromatic N) is 1. The Kier molecular flexibility index (Phi) is 14.8. The Morgan fingerprint density at radius 1 is 0.760 bits per heavy atom. The van der Waals surface area contributed by atoms with Crippen molar-refractivity contribution in [1.29, 1.82) is 0 Å². The smallest absolute Gasteiger partial charge is 0.267 e. The Hall–Kier alpha value is -0.170. The second-order valence-electron chi connectivity index (χ2n) is 7.33. The summed E-state index contributed by atoms with van der Waals surface area (Å²) in [6.45, 7) is 5.54. The zero-order valence-electron chi connectivity index (χ0n) is 17.1. The Labute approximate surface area is 156 Å². The van der Waals surface area contributed by atoms with Crippen molar-refractivity contribution in [1.82, 2.24) is 0 Å². The summed E-state index contributed by atoms with van der Waals surface area (Å²) >= 11 is 0. The lowest BCUT2D eigenvalue weighted by Crippen LogP contribution is -2.40. The van der Waals surface area contributed by atoms with Crippen LogP contribution < -0.4 is 0 Å². The lowest BCUT2D eigenvalue weighted by Gasteiger charge is -2.26. The average molecular weight is 381 g/mol. The zero-order chi connectivity index (χ0) is 19.0. The summed E-state index contributed by atoms with van der Waals surface area (Å²) in [4.78, 5) is 5.80. The molecular weight excluding hydrogens is 338 g/mol. The second kappa shape index (κ2) is 14.9. The normalized spacial score (nSPS) is 12.6. The van der Waals surface area contributed by atoms with Crippen molar-refractivity contribution in [3.63, 3.8) is 0 Å². The maximum absolute atomic E-state index is 11.4. The molecule has 0 aromatic heterocycles. The zero-order valence-corrected chi connectivity index (χ0v) is 17.9. The van der Waals surface area contributed by atoms with E-state index >= 15 is 0 Å². The van der Waals surface area contributed by atoms with Crippen LogP contribution in [0.5, 0.6) is 0 Å². The van der Waals surface area contributed by atoms with Crippen molar-refractivity contribution in [2.24, 2.45) is 0 Å².